The fourth-order valence-electron chi connectivity index (χ4n) is 3.37. The third-order valence-corrected chi connectivity index (χ3v) is 4.73. The molecule has 3 atom stereocenters. The predicted molar refractivity (Wildman–Crippen MR) is 91.4 cm³/mol. The van der Waals surface area contributed by atoms with Crippen LogP contribution in [0.4, 0.5) is 4.39 Å². The number of nitrogens with one attached hydrogen (secondary N) is 1. The molecule has 3 heterocycles. The van der Waals surface area contributed by atoms with Crippen LogP contribution in [0.25, 0.3) is 0 Å². The molecule has 2 aromatic heterocycles. The second-order valence-electron chi connectivity index (χ2n) is 6.87. The van der Waals surface area contributed by atoms with E-state index in [1.807, 2.05) is 31.6 Å². The maximum atomic E-state index is 13.9. The van der Waals surface area contributed by atoms with Crippen molar-refractivity contribution >= 4 is 0 Å². The van der Waals surface area contributed by atoms with Gasteiger partial charge in [-0.05, 0) is 31.9 Å². The van der Waals surface area contributed by atoms with Crippen molar-refractivity contribution < 1.29 is 8.81 Å². The molecule has 24 heavy (non-hydrogen) atoms. The highest BCUT2D eigenvalue weighted by molar-refractivity contribution is 5.05. The van der Waals surface area contributed by atoms with E-state index in [0.717, 1.165) is 37.3 Å². The number of nitrogens with zero attached hydrogens (tertiary/aromatic N) is 3. The van der Waals surface area contributed by atoms with Crippen LogP contribution in [0, 0.1) is 0 Å². The van der Waals surface area contributed by atoms with E-state index in [2.05, 4.69) is 22.2 Å². The predicted octanol–water partition coefficient (Wildman–Crippen LogP) is 2.54. The monoisotopic (exact) mass is 334 g/mol. The molecule has 1 N–H and O–H groups in total. The Bertz CT molecular complexity index is 612. The van der Waals surface area contributed by atoms with E-state index in [4.69, 9.17) is 4.42 Å². The smallest absolute Gasteiger partial charge is 0.114 e. The first kappa shape index (κ1) is 17.2. The third-order valence-electron chi connectivity index (χ3n) is 4.73. The molecular weight excluding hydrogens is 307 g/mol. The first-order valence-corrected chi connectivity index (χ1v) is 8.71. The van der Waals surface area contributed by atoms with Crippen molar-refractivity contribution in [1.82, 2.24) is 20.0 Å². The summed E-state index contributed by atoms with van der Waals surface area (Å²) >= 11 is 0. The summed E-state index contributed by atoms with van der Waals surface area (Å²) in [6.45, 7) is 4.28. The first-order chi connectivity index (χ1) is 11.6. The number of hydrogen-bond donors (Lipinski definition) is 1. The average Bonchev–Trinajstić information content (AvgIpc) is 3.26. The summed E-state index contributed by atoms with van der Waals surface area (Å²) in [4.78, 5) is 2.23. The van der Waals surface area contributed by atoms with Gasteiger partial charge in [0.2, 0.25) is 0 Å². The summed E-state index contributed by atoms with van der Waals surface area (Å²) in [5.41, 5.74) is 1.14. The van der Waals surface area contributed by atoms with Gasteiger partial charge in [0.25, 0.3) is 0 Å². The summed E-state index contributed by atoms with van der Waals surface area (Å²) in [5.74, 6) is 1.02. The van der Waals surface area contributed by atoms with Crippen LogP contribution in [-0.2, 0) is 20.0 Å². The Kier molecular flexibility index (Phi) is 5.68. The zero-order chi connectivity index (χ0) is 16.9. The number of furan rings is 1. The minimum absolute atomic E-state index is 0.242. The van der Waals surface area contributed by atoms with Gasteiger partial charge in [0.1, 0.15) is 11.9 Å². The van der Waals surface area contributed by atoms with Gasteiger partial charge in [0.15, 0.2) is 0 Å². The van der Waals surface area contributed by atoms with Crippen LogP contribution in [0.2, 0.25) is 0 Å². The van der Waals surface area contributed by atoms with Gasteiger partial charge in [0, 0.05) is 56.9 Å². The molecule has 1 aliphatic heterocycles. The standard InChI is InChI=1S/C18H27FN4O/c1-14(5-6-18-4-3-7-24-18)20-10-17-8-16(19)13-23(17)12-15-9-21-22(2)11-15/h3-4,7,9,11,14,16-17,20H,5-6,8,10,12-13H2,1-2H3/t14?,16-,17-/m0/s1. The maximum absolute atomic E-state index is 13.9. The van der Waals surface area contributed by atoms with E-state index in [9.17, 15) is 4.39 Å². The Labute approximate surface area is 142 Å². The Morgan fingerprint density at radius 3 is 3.08 bits per heavy atom. The highest BCUT2D eigenvalue weighted by Gasteiger charge is 2.32. The molecule has 1 aliphatic rings. The van der Waals surface area contributed by atoms with Crippen LogP contribution in [0.1, 0.15) is 31.1 Å². The van der Waals surface area contributed by atoms with Gasteiger partial charge in [-0.25, -0.2) is 4.39 Å². The highest BCUT2D eigenvalue weighted by Crippen LogP contribution is 2.22. The van der Waals surface area contributed by atoms with Crippen molar-refractivity contribution in [2.24, 2.45) is 7.05 Å². The topological polar surface area (TPSA) is 46.2 Å². The van der Waals surface area contributed by atoms with E-state index >= 15 is 0 Å². The largest absolute Gasteiger partial charge is 0.469 e. The molecule has 0 spiro atoms. The van der Waals surface area contributed by atoms with Gasteiger partial charge in [-0.15, -0.1) is 0 Å². The Hall–Kier alpha value is -1.66. The number of aromatic nitrogens is 2. The quantitative estimate of drug-likeness (QED) is 0.806. The lowest BCUT2D eigenvalue weighted by Crippen LogP contribution is -2.40. The van der Waals surface area contributed by atoms with Crippen LogP contribution in [0.3, 0.4) is 0 Å². The van der Waals surface area contributed by atoms with Gasteiger partial charge >= 0.3 is 0 Å². The third kappa shape index (κ3) is 4.68. The molecule has 1 saturated heterocycles. The van der Waals surface area contributed by atoms with Gasteiger partial charge in [-0.3, -0.25) is 9.58 Å². The average molecular weight is 334 g/mol. The SMILES string of the molecule is CC(CCc1ccco1)NC[C@@H]1C[C@H](F)CN1Cc1cnn(C)c1. The van der Waals surface area contributed by atoms with E-state index < -0.39 is 6.17 Å². The van der Waals surface area contributed by atoms with Crippen LogP contribution >= 0.6 is 0 Å². The molecule has 0 amide bonds. The number of alkyl halides is 1. The Balaban J connectivity index is 1.45. The number of aryl methyl sites for hydroxylation is 2. The van der Waals surface area contributed by atoms with Crippen LogP contribution in [0.15, 0.2) is 35.2 Å². The summed E-state index contributed by atoms with van der Waals surface area (Å²) in [5, 5.41) is 7.76. The van der Waals surface area contributed by atoms with Gasteiger partial charge in [-0.1, -0.05) is 0 Å². The first-order valence-electron chi connectivity index (χ1n) is 8.71. The molecule has 1 fully saturated rings. The van der Waals surface area contributed by atoms with Crippen LogP contribution in [-0.4, -0.2) is 46.0 Å². The van der Waals surface area contributed by atoms with Gasteiger partial charge < -0.3 is 9.73 Å². The summed E-state index contributed by atoms with van der Waals surface area (Å²) < 4.78 is 21.0. The zero-order valence-corrected chi connectivity index (χ0v) is 14.5. The summed E-state index contributed by atoms with van der Waals surface area (Å²) in [6.07, 6.45) is 7.40. The fourth-order valence-corrected chi connectivity index (χ4v) is 3.37. The molecular formula is C18H27FN4O. The minimum Gasteiger partial charge on any atom is -0.469 e. The van der Waals surface area contributed by atoms with Crippen LogP contribution < -0.4 is 5.32 Å². The normalized spacial score (nSPS) is 23.0. The number of halogens is 1. The maximum Gasteiger partial charge on any atom is 0.114 e. The fraction of sp³-hybridized carbons (Fsp3) is 0.611. The summed E-state index contributed by atoms with van der Waals surface area (Å²) in [6, 6.07) is 4.55. The molecule has 6 heteroatoms. The van der Waals surface area contributed by atoms with Crippen molar-refractivity contribution in [1.29, 1.82) is 0 Å². The van der Waals surface area contributed by atoms with E-state index in [-0.39, 0.29) is 6.04 Å². The second kappa shape index (κ2) is 7.94. The molecule has 0 bridgehead atoms. The zero-order valence-electron chi connectivity index (χ0n) is 14.5. The molecule has 0 saturated carbocycles. The lowest BCUT2D eigenvalue weighted by atomic mass is 10.1. The van der Waals surface area contributed by atoms with Gasteiger partial charge in [0.05, 0.1) is 12.5 Å². The van der Waals surface area contributed by atoms with Crippen molar-refractivity contribution in [3.63, 3.8) is 0 Å². The van der Waals surface area contributed by atoms with E-state index in [1.165, 1.54) is 0 Å². The molecule has 0 aromatic carbocycles. The second-order valence-corrected chi connectivity index (χ2v) is 6.87. The molecule has 0 radical (unpaired) electrons. The van der Waals surface area contributed by atoms with E-state index in [0.29, 0.717) is 19.0 Å². The van der Waals surface area contributed by atoms with Crippen molar-refractivity contribution in [2.45, 2.75) is 51.0 Å². The number of hydrogen-bond acceptors (Lipinski definition) is 4. The molecule has 5 nitrogen and oxygen atoms in total. The molecule has 0 aliphatic carbocycles. The minimum atomic E-state index is -0.730. The Morgan fingerprint density at radius 1 is 1.50 bits per heavy atom. The molecule has 2 aromatic rings. The summed E-state index contributed by atoms with van der Waals surface area (Å²) in [7, 11) is 1.91. The van der Waals surface area contributed by atoms with Crippen molar-refractivity contribution in [2.75, 3.05) is 13.1 Å². The molecule has 1 unspecified atom stereocenters. The van der Waals surface area contributed by atoms with Gasteiger partial charge in [-0.2, -0.15) is 5.10 Å². The lowest BCUT2D eigenvalue weighted by molar-refractivity contribution is 0.226. The molecule has 3 rings (SSSR count). The highest BCUT2D eigenvalue weighted by atomic mass is 19.1. The Morgan fingerprint density at radius 2 is 2.38 bits per heavy atom. The number of rotatable bonds is 8. The lowest BCUT2D eigenvalue weighted by Gasteiger charge is -2.25. The van der Waals surface area contributed by atoms with Crippen LogP contribution in [0.5, 0.6) is 0 Å². The van der Waals surface area contributed by atoms with E-state index in [1.54, 1.807) is 10.9 Å². The number of likely N-dealkylation sites (tertiary alicyclic amines) is 1. The van der Waals surface area contributed by atoms with Crippen molar-refractivity contribution in [3.05, 3.63) is 42.1 Å². The van der Waals surface area contributed by atoms with Crippen molar-refractivity contribution in [3.8, 4) is 0 Å². The molecule has 132 valence electrons.